The summed E-state index contributed by atoms with van der Waals surface area (Å²) in [5.41, 5.74) is 36.6. The Morgan fingerprint density at radius 2 is 0.418 bits per heavy atom. The minimum absolute atomic E-state index is 0.0151. The predicted octanol–water partition coefficient (Wildman–Crippen LogP) is 9.94. The maximum absolute atomic E-state index is 2.64. The lowest BCUT2D eigenvalue weighted by molar-refractivity contribution is 1.34. The summed E-state index contributed by atoms with van der Waals surface area (Å²) in [4.78, 5) is 0. The average molecular weight is 873 g/mol. The third-order valence-corrected chi connectivity index (χ3v) is 15.2. The van der Waals surface area contributed by atoms with Crippen molar-refractivity contribution in [2.75, 3.05) is 0 Å². The molecule has 8 rings (SSSR count). The number of fused-ring (bicyclic) bond motifs is 1. The molecule has 0 spiro atoms. The van der Waals surface area contributed by atoms with Crippen molar-refractivity contribution in [2.45, 2.75) is 125 Å². The van der Waals surface area contributed by atoms with Gasteiger partial charge in [0.25, 0.3) is 0 Å². The number of hydrogen-bond acceptors (Lipinski definition) is 0. The molecule has 0 N–H and O–H groups in total. The van der Waals surface area contributed by atoms with Crippen LogP contribution in [0.3, 0.4) is 0 Å². The van der Waals surface area contributed by atoms with Crippen molar-refractivity contribution in [2.24, 2.45) is 0 Å². The Morgan fingerprint density at radius 3 is 0.657 bits per heavy atom. The molecule has 8 aromatic carbocycles. The molecule has 0 fully saturated rings. The van der Waals surface area contributed by atoms with Crippen LogP contribution in [0.1, 0.15) is 100 Å². The maximum Gasteiger partial charge on any atom is 0.243 e. The van der Waals surface area contributed by atoms with Crippen molar-refractivity contribution >= 4 is 80.1 Å². The summed E-state index contributed by atoms with van der Waals surface area (Å²) in [5, 5.41) is 2.66. The van der Waals surface area contributed by atoms with E-state index < -0.39 is 0 Å². The molecular weight excluding hydrogens is 801 g/mol. The fraction of sp³-hybridized carbons (Fsp3) is 0.281. The van der Waals surface area contributed by atoms with E-state index in [2.05, 4.69) is 228 Å². The second-order valence-corrected chi connectivity index (χ2v) is 21.2. The van der Waals surface area contributed by atoms with E-state index in [9.17, 15) is 0 Å². The van der Waals surface area contributed by atoms with Gasteiger partial charge in [0.05, 0.1) is 0 Å². The lowest BCUT2D eigenvalue weighted by Gasteiger charge is -2.29. The molecule has 0 aliphatic carbocycles. The molecule has 8 aromatic rings. The zero-order valence-corrected chi connectivity index (χ0v) is 44.0. The van der Waals surface area contributed by atoms with Crippen molar-refractivity contribution in [1.29, 1.82) is 0 Å². The van der Waals surface area contributed by atoms with Gasteiger partial charge in [0.2, 0.25) is 20.1 Å². The molecule has 67 heavy (non-hydrogen) atoms. The predicted molar refractivity (Wildman–Crippen MR) is 302 cm³/mol. The topological polar surface area (TPSA) is 0 Å². The summed E-state index contributed by atoms with van der Waals surface area (Å²) in [6, 6.07) is 41.5. The van der Waals surface area contributed by atoms with Gasteiger partial charge in [0.15, 0.2) is 0 Å². The molecule has 0 aromatic heterocycles. The molecule has 0 saturated carbocycles. The molecule has 0 bridgehead atoms. The van der Waals surface area contributed by atoms with E-state index in [1.807, 2.05) is 0 Å². The highest BCUT2D eigenvalue weighted by molar-refractivity contribution is 7.00. The fourth-order valence-corrected chi connectivity index (χ4v) is 13.4. The van der Waals surface area contributed by atoms with Gasteiger partial charge >= 0.3 is 0 Å². The molecule has 0 unspecified atom stereocenters. The average Bonchev–Trinajstić information content (AvgIpc) is 3.19. The molecule has 0 aliphatic rings. The second kappa shape index (κ2) is 18.4. The summed E-state index contributed by atoms with van der Waals surface area (Å²) >= 11 is 0. The van der Waals surface area contributed by atoms with Crippen LogP contribution in [0.2, 0.25) is 0 Å². The summed E-state index contributed by atoms with van der Waals surface area (Å²) in [7, 11) is 0. The Kier molecular flexibility index (Phi) is 13.1. The highest BCUT2D eigenvalue weighted by Gasteiger charge is 2.35. The van der Waals surface area contributed by atoms with Crippen LogP contribution in [0.5, 0.6) is 0 Å². The van der Waals surface area contributed by atoms with Crippen molar-refractivity contribution in [3.05, 3.63) is 203 Å². The Bertz CT molecular complexity index is 2980. The van der Waals surface area contributed by atoms with E-state index in [4.69, 9.17) is 0 Å². The van der Waals surface area contributed by atoms with Crippen LogP contribution in [-0.4, -0.2) is 20.1 Å². The summed E-state index contributed by atoms with van der Waals surface area (Å²) in [6.45, 7) is 41.5. The highest BCUT2D eigenvalue weighted by atomic mass is 14.2. The van der Waals surface area contributed by atoms with Crippen LogP contribution < -0.4 is 49.2 Å². The molecule has 0 radical (unpaired) electrons. The molecule has 0 nitrogen and oxygen atoms in total. The Hall–Kier alpha value is -5.79. The number of hydrogen-bond donors (Lipinski definition) is 0. The van der Waals surface area contributed by atoms with Crippen LogP contribution in [0.4, 0.5) is 0 Å². The van der Waals surface area contributed by atoms with Gasteiger partial charge in [-0.1, -0.05) is 252 Å². The summed E-state index contributed by atoms with van der Waals surface area (Å²) in [6.07, 6.45) is 0. The second-order valence-electron chi connectivity index (χ2n) is 21.2. The zero-order valence-electron chi connectivity index (χ0n) is 44.0. The van der Waals surface area contributed by atoms with Crippen molar-refractivity contribution in [3.63, 3.8) is 0 Å². The first kappa shape index (κ1) is 47.7. The van der Waals surface area contributed by atoms with E-state index in [0.717, 1.165) is 0 Å². The normalized spacial score (nSPS) is 11.4. The van der Waals surface area contributed by atoms with Gasteiger partial charge in [-0.3, -0.25) is 0 Å². The highest BCUT2D eigenvalue weighted by Crippen LogP contribution is 2.22. The van der Waals surface area contributed by atoms with Crippen LogP contribution in [0.25, 0.3) is 10.8 Å². The Labute approximate surface area is 405 Å². The molecular formula is C64H71B3. The SMILES string of the molecule is Cc1cc(C)c(B(c2ccc3c(B(c4c(C)cc(C)cc4C)c4c(C)cc(C)cc4C)ccc(B(c4c(C)cc(C)cc4C)c4c(C)cc(C)cc4C)c3c2)c2c(C)cc(C)cc2C)c(C)c1. The molecule has 3 heteroatoms. The lowest BCUT2D eigenvalue weighted by Crippen LogP contribution is -2.59. The van der Waals surface area contributed by atoms with E-state index in [0.29, 0.717) is 0 Å². The Morgan fingerprint density at radius 1 is 0.209 bits per heavy atom. The number of benzene rings is 8. The van der Waals surface area contributed by atoms with Gasteiger partial charge in [-0.2, -0.15) is 0 Å². The van der Waals surface area contributed by atoms with E-state index in [-0.39, 0.29) is 20.1 Å². The van der Waals surface area contributed by atoms with Crippen LogP contribution >= 0.6 is 0 Å². The van der Waals surface area contributed by atoms with Gasteiger partial charge in [-0.05, 0) is 135 Å². The van der Waals surface area contributed by atoms with Gasteiger partial charge < -0.3 is 0 Å². The molecule has 0 amide bonds. The summed E-state index contributed by atoms with van der Waals surface area (Å²) < 4.78 is 0. The van der Waals surface area contributed by atoms with Crippen molar-refractivity contribution in [1.82, 2.24) is 0 Å². The van der Waals surface area contributed by atoms with Crippen molar-refractivity contribution in [3.8, 4) is 0 Å². The van der Waals surface area contributed by atoms with E-state index >= 15 is 0 Å². The first-order valence-corrected chi connectivity index (χ1v) is 24.7. The third kappa shape index (κ3) is 8.81. The molecule has 0 aliphatic heterocycles. The Balaban J connectivity index is 1.59. The summed E-state index contributed by atoms with van der Waals surface area (Å²) in [5.74, 6) is 0. The minimum atomic E-state index is 0.0151. The maximum atomic E-state index is 2.64. The lowest BCUT2D eigenvalue weighted by atomic mass is 9.31. The number of rotatable bonds is 9. The fourth-order valence-electron chi connectivity index (χ4n) is 13.4. The van der Waals surface area contributed by atoms with E-state index in [1.165, 1.54) is 160 Å². The zero-order chi connectivity index (χ0) is 48.5. The molecule has 0 atom stereocenters. The molecule has 0 saturated heterocycles. The smallest absolute Gasteiger partial charge is 0.0680 e. The van der Waals surface area contributed by atoms with Gasteiger partial charge in [-0.25, -0.2) is 0 Å². The van der Waals surface area contributed by atoms with Gasteiger partial charge in [0.1, 0.15) is 0 Å². The third-order valence-electron chi connectivity index (χ3n) is 15.2. The van der Waals surface area contributed by atoms with Crippen molar-refractivity contribution < 1.29 is 0 Å². The first-order valence-electron chi connectivity index (χ1n) is 24.7. The quantitative estimate of drug-likeness (QED) is 0.127. The standard InChI is InChI=1S/C64H71B3/c1-36-23-42(7)59(43(8)24-36)65(60-44(9)25-37(2)26-45(60)10)54-19-20-55-56(35-54)58(67(63-50(15)31-40(5)32-51(63)16)64-52(17)33-41(6)34-53(64)18)22-21-57(55)66(61-46(11)27-38(3)28-47(61)12)62-48(13)29-39(4)30-49(62)14/h19-35H,1-18H3. The largest absolute Gasteiger partial charge is 0.243 e. The number of aryl methyl sites for hydroxylation is 18. The van der Waals surface area contributed by atoms with Crippen LogP contribution in [-0.2, 0) is 0 Å². The van der Waals surface area contributed by atoms with Crippen LogP contribution in [0.15, 0.2) is 103 Å². The molecule has 0 heterocycles. The molecule has 336 valence electrons. The van der Waals surface area contributed by atoms with Crippen LogP contribution in [0, 0.1) is 125 Å². The van der Waals surface area contributed by atoms with Gasteiger partial charge in [0, 0.05) is 0 Å². The van der Waals surface area contributed by atoms with E-state index in [1.54, 1.807) is 0 Å². The minimum Gasteiger partial charge on any atom is -0.0680 e. The van der Waals surface area contributed by atoms with Gasteiger partial charge in [-0.15, -0.1) is 0 Å². The first-order chi connectivity index (χ1) is 31.6. The monoisotopic (exact) mass is 873 g/mol.